The molecule has 1 aliphatic rings. The number of aliphatic carboxylic acids is 1. The summed E-state index contributed by atoms with van der Waals surface area (Å²) in [7, 11) is 0. The second-order valence-corrected chi connectivity index (χ2v) is 6.11. The zero-order valence-electron chi connectivity index (χ0n) is 12.4. The molecular formula is C15H27NO3. The predicted molar refractivity (Wildman–Crippen MR) is 74.8 cm³/mol. The Bertz CT molecular complexity index is 323. The Morgan fingerprint density at radius 3 is 2.37 bits per heavy atom. The second-order valence-electron chi connectivity index (χ2n) is 6.11. The second kappa shape index (κ2) is 6.92. The van der Waals surface area contributed by atoms with Crippen LogP contribution in [0.2, 0.25) is 0 Å². The van der Waals surface area contributed by atoms with Crippen molar-refractivity contribution in [3.05, 3.63) is 0 Å². The number of amides is 1. The van der Waals surface area contributed by atoms with Crippen molar-refractivity contribution in [1.82, 2.24) is 5.32 Å². The molecule has 0 spiro atoms. The van der Waals surface area contributed by atoms with E-state index in [9.17, 15) is 9.59 Å². The highest BCUT2D eigenvalue weighted by atomic mass is 16.4. The van der Waals surface area contributed by atoms with Crippen molar-refractivity contribution >= 4 is 11.9 Å². The first-order chi connectivity index (χ1) is 8.90. The Kier molecular flexibility index (Phi) is 5.83. The third kappa shape index (κ3) is 4.22. The van der Waals surface area contributed by atoms with Crippen molar-refractivity contribution < 1.29 is 14.7 Å². The predicted octanol–water partition coefficient (Wildman–Crippen LogP) is 2.96. The van der Waals surface area contributed by atoms with Crippen LogP contribution in [-0.4, -0.2) is 23.0 Å². The number of hydrogen-bond acceptors (Lipinski definition) is 2. The lowest BCUT2D eigenvalue weighted by atomic mass is 9.67. The van der Waals surface area contributed by atoms with Crippen LogP contribution in [0.1, 0.15) is 65.7 Å². The van der Waals surface area contributed by atoms with Crippen molar-refractivity contribution in [3.63, 3.8) is 0 Å². The van der Waals surface area contributed by atoms with Gasteiger partial charge in [0, 0.05) is 6.04 Å². The number of rotatable bonds is 6. The minimum absolute atomic E-state index is 0.0695. The molecule has 0 bridgehead atoms. The Morgan fingerprint density at radius 2 is 1.89 bits per heavy atom. The quantitative estimate of drug-likeness (QED) is 0.779. The standard InChI is InChI=1S/C15H27NO3/c1-4-11(2)16-14(19)15(3,10-13(17)18)12-8-6-5-7-9-12/h11-12H,4-10H2,1-3H3,(H,16,19)(H,17,18). The van der Waals surface area contributed by atoms with Gasteiger partial charge in [0.2, 0.25) is 5.91 Å². The Balaban J connectivity index is 2.84. The Morgan fingerprint density at radius 1 is 1.32 bits per heavy atom. The third-order valence-electron chi connectivity index (χ3n) is 4.53. The zero-order valence-corrected chi connectivity index (χ0v) is 12.4. The summed E-state index contributed by atoms with van der Waals surface area (Å²) in [6, 6.07) is 0.101. The van der Waals surface area contributed by atoms with Gasteiger partial charge in [-0.05, 0) is 39.0 Å². The molecule has 0 aliphatic heterocycles. The summed E-state index contributed by atoms with van der Waals surface area (Å²) in [5.74, 6) is -0.773. The lowest BCUT2D eigenvalue weighted by molar-refractivity contribution is -0.148. The molecule has 2 atom stereocenters. The molecule has 0 heterocycles. The van der Waals surface area contributed by atoms with Gasteiger partial charge < -0.3 is 10.4 Å². The van der Waals surface area contributed by atoms with Gasteiger partial charge in [0.15, 0.2) is 0 Å². The molecule has 2 N–H and O–H groups in total. The smallest absolute Gasteiger partial charge is 0.304 e. The van der Waals surface area contributed by atoms with Gasteiger partial charge in [0.1, 0.15) is 0 Å². The molecular weight excluding hydrogens is 242 g/mol. The minimum atomic E-state index is -0.882. The molecule has 1 fully saturated rings. The van der Waals surface area contributed by atoms with Crippen LogP contribution in [-0.2, 0) is 9.59 Å². The van der Waals surface area contributed by atoms with Crippen LogP contribution in [0.15, 0.2) is 0 Å². The topological polar surface area (TPSA) is 66.4 Å². The van der Waals surface area contributed by atoms with Crippen LogP contribution in [0, 0.1) is 11.3 Å². The number of carboxylic acids is 1. The molecule has 4 heteroatoms. The van der Waals surface area contributed by atoms with E-state index in [0.717, 1.165) is 32.1 Å². The number of carbonyl (C=O) groups excluding carboxylic acids is 1. The third-order valence-corrected chi connectivity index (χ3v) is 4.53. The van der Waals surface area contributed by atoms with Crippen LogP contribution < -0.4 is 5.32 Å². The number of nitrogens with one attached hydrogen (secondary N) is 1. The molecule has 2 unspecified atom stereocenters. The van der Waals surface area contributed by atoms with Crippen molar-refractivity contribution in [1.29, 1.82) is 0 Å². The lowest BCUT2D eigenvalue weighted by Gasteiger charge is -2.38. The molecule has 0 aromatic rings. The average Bonchev–Trinajstić information content (AvgIpc) is 2.38. The summed E-state index contributed by atoms with van der Waals surface area (Å²) in [5.41, 5.74) is -0.768. The first-order valence-electron chi connectivity index (χ1n) is 7.43. The van der Waals surface area contributed by atoms with Gasteiger partial charge in [-0.3, -0.25) is 9.59 Å². The SMILES string of the molecule is CCC(C)NC(=O)C(C)(CC(=O)O)C1CCCCC1. The molecule has 1 saturated carbocycles. The van der Waals surface area contributed by atoms with Gasteiger partial charge in [-0.1, -0.05) is 26.2 Å². The highest BCUT2D eigenvalue weighted by Gasteiger charge is 2.43. The van der Waals surface area contributed by atoms with Crippen molar-refractivity contribution in [2.24, 2.45) is 11.3 Å². The first kappa shape index (κ1) is 16.0. The van der Waals surface area contributed by atoms with Gasteiger partial charge in [-0.2, -0.15) is 0 Å². The Hall–Kier alpha value is -1.06. The number of hydrogen-bond donors (Lipinski definition) is 2. The van der Waals surface area contributed by atoms with E-state index in [0.29, 0.717) is 0 Å². The Labute approximate surface area is 116 Å². The molecule has 1 aliphatic carbocycles. The largest absolute Gasteiger partial charge is 0.481 e. The maximum Gasteiger partial charge on any atom is 0.304 e. The van der Waals surface area contributed by atoms with Gasteiger partial charge in [-0.25, -0.2) is 0 Å². The number of carbonyl (C=O) groups is 2. The maximum absolute atomic E-state index is 12.5. The van der Waals surface area contributed by atoms with Crippen LogP contribution in [0.5, 0.6) is 0 Å². The van der Waals surface area contributed by atoms with Gasteiger partial charge in [-0.15, -0.1) is 0 Å². The highest BCUT2D eigenvalue weighted by Crippen LogP contribution is 2.41. The molecule has 0 aromatic carbocycles. The van der Waals surface area contributed by atoms with Crippen LogP contribution in [0.4, 0.5) is 0 Å². The fourth-order valence-electron chi connectivity index (χ4n) is 2.95. The molecule has 19 heavy (non-hydrogen) atoms. The molecule has 110 valence electrons. The first-order valence-corrected chi connectivity index (χ1v) is 7.43. The van der Waals surface area contributed by atoms with Crippen LogP contribution >= 0.6 is 0 Å². The van der Waals surface area contributed by atoms with Crippen LogP contribution in [0.3, 0.4) is 0 Å². The van der Waals surface area contributed by atoms with Crippen LogP contribution in [0.25, 0.3) is 0 Å². The summed E-state index contributed by atoms with van der Waals surface area (Å²) >= 11 is 0. The summed E-state index contributed by atoms with van der Waals surface area (Å²) in [6.07, 6.45) is 6.15. The van der Waals surface area contributed by atoms with E-state index >= 15 is 0 Å². The van der Waals surface area contributed by atoms with E-state index in [4.69, 9.17) is 5.11 Å². The number of carboxylic acid groups (broad SMARTS) is 1. The molecule has 0 saturated heterocycles. The molecule has 0 aromatic heterocycles. The zero-order chi connectivity index (χ0) is 14.5. The molecule has 1 rings (SSSR count). The summed E-state index contributed by atoms with van der Waals surface area (Å²) in [4.78, 5) is 23.6. The van der Waals surface area contributed by atoms with E-state index in [1.54, 1.807) is 0 Å². The highest BCUT2D eigenvalue weighted by molar-refractivity contribution is 5.87. The monoisotopic (exact) mass is 269 g/mol. The fraction of sp³-hybridized carbons (Fsp3) is 0.867. The minimum Gasteiger partial charge on any atom is -0.481 e. The van der Waals surface area contributed by atoms with Gasteiger partial charge in [0.05, 0.1) is 11.8 Å². The van der Waals surface area contributed by atoms with Gasteiger partial charge >= 0.3 is 5.97 Å². The average molecular weight is 269 g/mol. The summed E-state index contributed by atoms with van der Waals surface area (Å²) < 4.78 is 0. The van der Waals surface area contributed by atoms with E-state index in [2.05, 4.69) is 5.32 Å². The summed E-state index contributed by atoms with van der Waals surface area (Å²) in [5, 5.41) is 12.1. The van der Waals surface area contributed by atoms with E-state index in [1.807, 2.05) is 20.8 Å². The fourth-order valence-corrected chi connectivity index (χ4v) is 2.95. The normalized spacial score (nSPS) is 21.4. The summed E-state index contributed by atoms with van der Waals surface area (Å²) in [6.45, 7) is 5.80. The van der Waals surface area contributed by atoms with E-state index in [-0.39, 0.29) is 24.3 Å². The van der Waals surface area contributed by atoms with E-state index in [1.165, 1.54) is 6.42 Å². The van der Waals surface area contributed by atoms with Crippen molar-refractivity contribution in [2.45, 2.75) is 71.8 Å². The maximum atomic E-state index is 12.5. The van der Waals surface area contributed by atoms with Gasteiger partial charge in [0.25, 0.3) is 0 Å². The molecule has 1 amide bonds. The van der Waals surface area contributed by atoms with Crippen molar-refractivity contribution in [3.8, 4) is 0 Å². The molecule has 0 radical (unpaired) electrons. The molecule has 4 nitrogen and oxygen atoms in total. The van der Waals surface area contributed by atoms with E-state index < -0.39 is 11.4 Å². The lowest BCUT2D eigenvalue weighted by Crippen LogP contribution is -2.48. The van der Waals surface area contributed by atoms with Crippen molar-refractivity contribution in [2.75, 3.05) is 0 Å².